The fraction of sp³-hybridized carbons (Fsp3) is 0.394. The molecule has 3 aromatic rings. The van der Waals surface area contributed by atoms with Gasteiger partial charge in [0.05, 0.1) is 12.0 Å². The molecule has 1 aliphatic heterocycles. The number of ketones is 1. The Bertz CT molecular complexity index is 1320. The van der Waals surface area contributed by atoms with Crippen molar-refractivity contribution in [3.63, 3.8) is 0 Å². The highest BCUT2D eigenvalue weighted by atomic mass is 35.5. The minimum absolute atomic E-state index is 0.0747. The highest BCUT2D eigenvalue weighted by Gasteiger charge is 2.61. The fourth-order valence-corrected chi connectivity index (χ4v) is 6.63. The van der Waals surface area contributed by atoms with Crippen LogP contribution in [0.1, 0.15) is 42.9 Å². The van der Waals surface area contributed by atoms with Gasteiger partial charge in [-0.1, -0.05) is 83.9 Å². The summed E-state index contributed by atoms with van der Waals surface area (Å²) in [5, 5.41) is 8.19. The maximum Gasteiger partial charge on any atom is 0.231 e. The van der Waals surface area contributed by atoms with E-state index < -0.39 is 5.41 Å². The predicted octanol–water partition coefficient (Wildman–Crippen LogP) is 5.78. The molecule has 1 saturated carbocycles. The van der Waals surface area contributed by atoms with Crippen LogP contribution >= 0.6 is 23.2 Å². The molecule has 1 amide bonds. The van der Waals surface area contributed by atoms with Gasteiger partial charge in [0.1, 0.15) is 5.78 Å². The Morgan fingerprint density at radius 1 is 0.900 bits per heavy atom. The van der Waals surface area contributed by atoms with Crippen molar-refractivity contribution >= 4 is 34.9 Å². The fourth-order valence-electron chi connectivity index (χ4n) is 6.28. The molecule has 0 unspecified atom stereocenters. The molecule has 40 heavy (non-hydrogen) atoms. The lowest BCUT2D eigenvalue weighted by atomic mass is 9.80. The molecule has 2 fully saturated rings. The molecule has 2 aliphatic rings. The van der Waals surface area contributed by atoms with Crippen molar-refractivity contribution < 1.29 is 9.59 Å². The second kappa shape index (κ2) is 12.4. The zero-order valence-corrected chi connectivity index (χ0v) is 24.5. The van der Waals surface area contributed by atoms with Crippen LogP contribution in [0.4, 0.5) is 0 Å². The van der Waals surface area contributed by atoms with Crippen LogP contribution in [-0.2, 0) is 27.0 Å². The molecule has 0 spiro atoms. The first kappa shape index (κ1) is 28.8. The van der Waals surface area contributed by atoms with E-state index in [4.69, 9.17) is 23.2 Å². The Balaban J connectivity index is 1.26. The van der Waals surface area contributed by atoms with E-state index in [0.29, 0.717) is 24.5 Å². The number of rotatable bonds is 11. The Labute approximate surface area is 247 Å². The summed E-state index contributed by atoms with van der Waals surface area (Å²) in [5.74, 6) is 0.443. The summed E-state index contributed by atoms with van der Waals surface area (Å²) in [6, 6.07) is 26.0. The molecule has 0 radical (unpaired) electrons. The SMILES string of the molecule is CC(=O)CNC1(c2ccccc2)CCN(C[C@@H]2C[C@@]2(C(=O)NCCc2ccccc2Cl)c2ccc(Cl)cc2)CC1. The molecule has 0 bridgehead atoms. The molecule has 7 heteroatoms. The Hall–Kier alpha value is -2.70. The standard InChI is InChI=1S/C33H37Cl2N3O2/c1-24(39)22-37-32(26-8-3-2-4-9-26)16-19-38(20-17-32)23-28-21-33(28,27-11-13-29(34)14-12-27)31(40)36-18-15-25-7-5-6-10-30(25)35/h2-14,28,37H,15-23H2,1H3,(H,36,40)/t28-,33+/m0/s1. The van der Waals surface area contributed by atoms with Crippen molar-refractivity contribution in [2.45, 2.75) is 43.6 Å². The molecule has 0 aromatic heterocycles. The van der Waals surface area contributed by atoms with Crippen LogP contribution in [0.25, 0.3) is 0 Å². The summed E-state index contributed by atoms with van der Waals surface area (Å²) in [7, 11) is 0. The normalized spacial score (nSPS) is 22.0. The van der Waals surface area contributed by atoms with Gasteiger partial charge in [0, 0.05) is 41.8 Å². The van der Waals surface area contributed by atoms with E-state index in [0.717, 1.165) is 55.0 Å². The summed E-state index contributed by atoms with van der Waals surface area (Å²) >= 11 is 12.5. The molecular formula is C33H37Cl2N3O2. The molecule has 3 aromatic carbocycles. The van der Waals surface area contributed by atoms with Gasteiger partial charge in [-0.25, -0.2) is 0 Å². The number of benzene rings is 3. The van der Waals surface area contributed by atoms with E-state index >= 15 is 0 Å². The highest BCUT2D eigenvalue weighted by molar-refractivity contribution is 6.31. The number of piperidine rings is 1. The smallest absolute Gasteiger partial charge is 0.231 e. The van der Waals surface area contributed by atoms with Crippen LogP contribution in [-0.4, -0.2) is 49.3 Å². The van der Waals surface area contributed by atoms with Crippen LogP contribution in [0, 0.1) is 5.92 Å². The first-order chi connectivity index (χ1) is 19.3. The van der Waals surface area contributed by atoms with E-state index in [9.17, 15) is 9.59 Å². The van der Waals surface area contributed by atoms with Crippen LogP contribution in [0.2, 0.25) is 10.0 Å². The van der Waals surface area contributed by atoms with Gasteiger partial charge >= 0.3 is 0 Å². The topological polar surface area (TPSA) is 61.4 Å². The third kappa shape index (κ3) is 6.28. The number of amides is 1. The highest BCUT2D eigenvalue weighted by Crippen LogP contribution is 2.55. The molecule has 1 saturated heterocycles. The zero-order valence-electron chi connectivity index (χ0n) is 23.0. The Kier molecular flexibility index (Phi) is 8.96. The van der Waals surface area contributed by atoms with Crippen molar-refractivity contribution in [3.05, 3.63) is 106 Å². The third-order valence-electron chi connectivity index (χ3n) is 8.70. The lowest BCUT2D eigenvalue weighted by Gasteiger charge is -2.43. The number of hydrogen-bond donors (Lipinski definition) is 2. The number of likely N-dealkylation sites (tertiary alicyclic amines) is 1. The summed E-state index contributed by atoms with van der Waals surface area (Å²) < 4.78 is 0. The Morgan fingerprint density at radius 3 is 2.25 bits per heavy atom. The molecule has 1 heterocycles. The zero-order chi connectivity index (χ0) is 28.2. The van der Waals surface area contributed by atoms with E-state index in [1.807, 2.05) is 54.6 Å². The molecule has 2 N–H and O–H groups in total. The van der Waals surface area contributed by atoms with Crippen molar-refractivity contribution in [2.75, 3.05) is 32.7 Å². The predicted molar refractivity (Wildman–Crippen MR) is 162 cm³/mol. The largest absolute Gasteiger partial charge is 0.355 e. The van der Waals surface area contributed by atoms with Gasteiger partial charge in [-0.15, -0.1) is 0 Å². The van der Waals surface area contributed by atoms with Gasteiger partial charge < -0.3 is 15.5 Å². The third-order valence-corrected chi connectivity index (χ3v) is 9.32. The number of Topliss-reactive ketones (excluding diaryl/α,β-unsaturated/α-hetero) is 1. The van der Waals surface area contributed by atoms with Crippen LogP contribution in [0.3, 0.4) is 0 Å². The van der Waals surface area contributed by atoms with E-state index in [1.54, 1.807) is 6.92 Å². The van der Waals surface area contributed by atoms with Gasteiger partial charge in [0.25, 0.3) is 0 Å². The summed E-state index contributed by atoms with van der Waals surface area (Å²) in [6.45, 7) is 5.20. The summed E-state index contributed by atoms with van der Waals surface area (Å²) in [6.07, 6.45) is 3.33. The number of halogens is 2. The molecule has 5 rings (SSSR count). The lowest BCUT2D eigenvalue weighted by Crippen LogP contribution is -2.52. The van der Waals surface area contributed by atoms with Crippen LogP contribution in [0.15, 0.2) is 78.9 Å². The molecule has 210 valence electrons. The maximum atomic E-state index is 13.7. The van der Waals surface area contributed by atoms with Gasteiger partial charge in [-0.3, -0.25) is 9.59 Å². The van der Waals surface area contributed by atoms with Crippen molar-refractivity contribution in [2.24, 2.45) is 5.92 Å². The number of carbonyl (C=O) groups is 2. The quantitative estimate of drug-likeness (QED) is 0.303. The van der Waals surface area contributed by atoms with E-state index in [1.165, 1.54) is 5.56 Å². The van der Waals surface area contributed by atoms with Crippen molar-refractivity contribution in [1.29, 1.82) is 0 Å². The van der Waals surface area contributed by atoms with Gasteiger partial charge in [0.15, 0.2) is 0 Å². The lowest BCUT2D eigenvalue weighted by molar-refractivity contribution is -0.124. The summed E-state index contributed by atoms with van der Waals surface area (Å²) in [4.78, 5) is 28.0. The minimum Gasteiger partial charge on any atom is -0.355 e. The van der Waals surface area contributed by atoms with Gasteiger partial charge in [-0.05, 0) is 73.4 Å². The number of nitrogens with zero attached hydrogens (tertiary/aromatic N) is 1. The van der Waals surface area contributed by atoms with Crippen LogP contribution in [0.5, 0.6) is 0 Å². The first-order valence-corrected chi connectivity index (χ1v) is 14.9. The number of nitrogens with one attached hydrogen (secondary N) is 2. The van der Waals surface area contributed by atoms with E-state index in [2.05, 4.69) is 39.8 Å². The number of hydrogen-bond acceptors (Lipinski definition) is 4. The van der Waals surface area contributed by atoms with E-state index in [-0.39, 0.29) is 23.1 Å². The van der Waals surface area contributed by atoms with Gasteiger partial charge in [0.2, 0.25) is 5.91 Å². The summed E-state index contributed by atoms with van der Waals surface area (Å²) in [5.41, 5.74) is 2.53. The van der Waals surface area contributed by atoms with Crippen molar-refractivity contribution in [1.82, 2.24) is 15.5 Å². The molecule has 2 atom stereocenters. The first-order valence-electron chi connectivity index (χ1n) is 14.1. The average molecular weight is 579 g/mol. The van der Waals surface area contributed by atoms with Crippen molar-refractivity contribution in [3.8, 4) is 0 Å². The number of carbonyl (C=O) groups excluding carboxylic acids is 2. The molecule has 5 nitrogen and oxygen atoms in total. The molecular weight excluding hydrogens is 541 g/mol. The monoisotopic (exact) mass is 577 g/mol. The average Bonchev–Trinajstić information content (AvgIpc) is 3.69. The minimum atomic E-state index is -0.550. The maximum absolute atomic E-state index is 13.7. The van der Waals surface area contributed by atoms with Crippen LogP contribution < -0.4 is 10.6 Å². The van der Waals surface area contributed by atoms with Gasteiger partial charge in [-0.2, -0.15) is 0 Å². The molecule has 1 aliphatic carbocycles. The Morgan fingerprint density at radius 2 is 1.57 bits per heavy atom. The second-order valence-electron chi connectivity index (χ2n) is 11.3. The second-order valence-corrected chi connectivity index (χ2v) is 12.1.